The number of ether oxygens (including phenoxy) is 2. The van der Waals surface area contributed by atoms with Gasteiger partial charge in [0.25, 0.3) is 5.91 Å². The number of hydrogen-bond acceptors (Lipinski definition) is 4. The van der Waals surface area contributed by atoms with Gasteiger partial charge in [-0.2, -0.15) is 0 Å². The third-order valence-electron chi connectivity index (χ3n) is 3.93. The third kappa shape index (κ3) is 3.08. The monoisotopic (exact) mass is 338 g/mol. The molecule has 3 amide bonds. The first-order chi connectivity index (χ1) is 11.0. The van der Waals surface area contributed by atoms with Gasteiger partial charge in [0.15, 0.2) is 11.5 Å². The molecule has 0 spiro atoms. The highest BCUT2D eigenvalue weighted by molar-refractivity contribution is 6.32. The number of nitrogens with zero attached hydrogens (tertiary/aromatic N) is 1. The van der Waals surface area contributed by atoms with E-state index in [-0.39, 0.29) is 24.4 Å². The maximum atomic E-state index is 12.3. The molecular formula is C16H19ClN2O4. The molecule has 1 atom stereocenters. The largest absolute Gasteiger partial charge is 0.489 e. The Balaban J connectivity index is 1.83. The lowest BCUT2D eigenvalue weighted by Crippen LogP contribution is -2.34. The van der Waals surface area contributed by atoms with E-state index in [0.29, 0.717) is 29.7 Å². The van der Waals surface area contributed by atoms with Crippen molar-refractivity contribution in [2.45, 2.75) is 32.9 Å². The number of benzene rings is 1. The van der Waals surface area contributed by atoms with E-state index < -0.39 is 6.04 Å². The van der Waals surface area contributed by atoms with Crippen molar-refractivity contribution in [3.8, 4) is 11.5 Å². The van der Waals surface area contributed by atoms with Crippen LogP contribution in [0.2, 0.25) is 5.02 Å². The summed E-state index contributed by atoms with van der Waals surface area (Å²) in [5.74, 6) is 0.902. The Morgan fingerprint density at radius 2 is 2.04 bits per heavy atom. The Morgan fingerprint density at radius 3 is 2.74 bits per heavy atom. The second-order valence-electron chi connectivity index (χ2n) is 6.05. The van der Waals surface area contributed by atoms with Crippen LogP contribution in [0.1, 0.15) is 25.8 Å². The third-order valence-corrected chi connectivity index (χ3v) is 4.21. The second-order valence-corrected chi connectivity index (χ2v) is 6.46. The maximum absolute atomic E-state index is 12.3. The number of rotatable bonds is 3. The fourth-order valence-electron chi connectivity index (χ4n) is 2.70. The summed E-state index contributed by atoms with van der Waals surface area (Å²) in [7, 11) is 0. The van der Waals surface area contributed by atoms with Crippen molar-refractivity contribution in [3.05, 3.63) is 22.7 Å². The highest BCUT2D eigenvalue weighted by Crippen LogP contribution is 2.38. The van der Waals surface area contributed by atoms with Gasteiger partial charge in [-0.3, -0.25) is 9.69 Å². The fourth-order valence-corrected chi connectivity index (χ4v) is 2.99. The zero-order valence-electron chi connectivity index (χ0n) is 13.1. The van der Waals surface area contributed by atoms with Gasteiger partial charge >= 0.3 is 6.03 Å². The average Bonchev–Trinajstić information content (AvgIpc) is 2.68. The van der Waals surface area contributed by atoms with Crippen LogP contribution in [-0.4, -0.2) is 36.1 Å². The Kier molecular flexibility index (Phi) is 4.35. The van der Waals surface area contributed by atoms with Crippen LogP contribution in [0.5, 0.6) is 11.5 Å². The Hall–Kier alpha value is -1.95. The molecule has 1 aromatic rings. The lowest BCUT2D eigenvalue weighted by Gasteiger charge is -2.16. The number of hydrogen-bond donors (Lipinski definition) is 1. The number of halogens is 1. The van der Waals surface area contributed by atoms with E-state index in [4.69, 9.17) is 21.1 Å². The smallest absolute Gasteiger partial charge is 0.325 e. The molecule has 2 aliphatic heterocycles. The molecule has 3 rings (SSSR count). The minimum atomic E-state index is -0.474. The molecule has 1 unspecified atom stereocenters. The quantitative estimate of drug-likeness (QED) is 0.860. The summed E-state index contributed by atoms with van der Waals surface area (Å²) in [5.41, 5.74) is 0.729. The molecule has 0 aromatic heterocycles. The first kappa shape index (κ1) is 15.9. The standard InChI is InChI=1S/C16H19ClN2O4/c1-9(2)13-15(20)19(16(21)18-13)8-10-6-11(17)14-12(7-10)22-4-3-5-23-14/h6-7,9,13H,3-5,8H2,1-2H3,(H,18,21). The van der Waals surface area contributed by atoms with Gasteiger partial charge in [0.2, 0.25) is 0 Å². The van der Waals surface area contributed by atoms with Gasteiger partial charge in [-0.1, -0.05) is 25.4 Å². The zero-order valence-corrected chi connectivity index (χ0v) is 13.9. The van der Waals surface area contributed by atoms with Crippen LogP contribution in [0.25, 0.3) is 0 Å². The predicted molar refractivity (Wildman–Crippen MR) is 84.8 cm³/mol. The number of amides is 3. The molecule has 124 valence electrons. The van der Waals surface area contributed by atoms with Gasteiger partial charge in [-0.15, -0.1) is 0 Å². The molecular weight excluding hydrogens is 320 g/mol. The molecule has 0 saturated carbocycles. The van der Waals surface area contributed by atoms with Gasteiger partial charge in [0.05, 0.1) is 24.8 Å². The summed E-state index contributed by atoms with van der Waals surface area (Å²) in [5, 5.41) is 3.13. The van der Waals surface area contributed by atoms with Crippen molar-refractivity contribution in [1.29, 1.82) is 0 Å². The van der Waals surface area contributed by atoms with Crippen LogP contribution >= 0.6 is 11.6 Å². The zero-order chi connectivity index (χ0) is 16.6. The summed E-state index contributed by atoms with van der Waals surface area (Å²) < 4.78 is 11.2. The number of carbonyl (C=O) groups excluding carboxylic acids is 2. The number of carbonyl (C=O) groups is 2. The Bertz CT molecular complexity index is 647. The van der Waals surface area contributed by atoms with Crippen molar-refractivity contribution in [1.82, 2.24) is 10.2 Å². The van der Waals surface area contributed by atoms with Gasteiger partial charge < -0.3 is 14.8 Å². The molecule has 23 heavy (non-hydrogen) atoms. The normalized spacial score (nSPS) is 20.7. The molecule has 1 saturated heterocycles. The highest BCUT2D eigenvalue weighted by atomic mass is 35.5. The molecule has 2 aliphatic rings. The van der Waals surface area contributed by atoms with Crippen LogP contribution in [0.3, 0.4) is 0 Å². The van der Waals surface area contributed by atoms with Crippen molar-refractivity contribution >= 4 is 23.5 Å². The SMILES string of the molecule is CC(C)C1NC(=O)N(Cc2cc(Cl)c3c(c2)OCCCO3)C1=O. The number of nitrogens with one attached hydrogen (secondary N) is 1. The molecule has 2 heterocycles. The summed E-state index contributed by atoms with van der Waals surface area (Å²) in [6.45, 7) is 5.05. The molecule has 7 heteroatoms. The number of urea groups is 1. The van der Waals surface area contributed by atoms with Gasteiger partial charge in [-0.05, 0) is 23.6 Å². The van der Waals surface area contributed by atoms with Crippen LogP contribution in [0.15, 0.2) is 12.1 Å². The van der Waals surface area contributed by atoms with E-state index in [9.17, 15) is 9.59 Å². The van der Waals surface area contributed by atoms with E-state index in [1.54, 1.807) is 12.1 Å². The fraction of sp³-hybridized carbons (Fsp3) is 0.500. The summed E-state index contributed by atoms with van der Waals surface area (Å²) in [4.78, 5) is 25.6. The van der Waals surface area contributed by atoms with Gasteiger partial charge in [0.1, 0.15) is 6.04 Å². The predicted octanol–water partition coefficient (Wildman–Crippen LogP) is 2.58. The molecule has 6 nitrogen and oxygen atoms in total. The molecule has 0 bridgehead atoms. The van der Waals surface area contributed by atoms with Crippen molar-refractivity contribution in [3.63, 3.8) is 0 Å². The van der Waals surface area contributed by atoms with Crippen LogP contribution < -0.4 is 14.8 Å². The molecule has 1 aromatic carbocycles. The van der Waals surface area contributed by atoms with Crippen LogP contribution in [0, 0.1) is 5.92 Å². The van der Waals surface area contributed by atoms with E-state index in [1.807, 2.05) is 13.8 Å². The van der Waals surface area contributed by atoms with Crippen molar-refractivity contribution < 1.29 is 19.1 Å². The molecule has 0 aliphatic carbocycles. The van der Waals surface area contributed by atoms with Crippen molar-refractivity contribution in [2.24, 2.45) is 5.92 Å². The minimum Gasteiger partial charge on any atom is -0.489 e. The van der Waals surface area contributed by atoms with E-state index in [0.717, 1.165) is 12.0 Å². The van der Waals surface area contributed by atoms with E-state index in [1.165, 1.54) is 4.90 Å². The number of fused-ring (bicyclic) bond motifs is 1. The van der Waals surface area contributed by atoms with Crippen molar-refractivity contribution in [2.75, 3.05) is 13.2 Å². The first-order valence-electron chi connectivity index (χ1n) is 7.67. The Labute approximate surface area is 139 Å². The van der Waals surface area contributed by atoms with Gasteiger partial charge in [-0.25, -0.2) is 4.79 Å². The summed E-state index contributed by atoms with van der Waals surface area (Å²) >= 11 is 6.25. The summed E-state index contributed by atoms with van der Waals surface area (Å²) in [6.07, 6.45) is 0.781. The summed E-state index contributed by atoms with van der Waals surface area (Å²) in [6, 6.07) is 2.63. The van der Waals surface area contributed by atoms with Crippen LogP contribution in [0.4, 0.5) is 4.79 Å². The van der Waals surface area contributed by atoms with Crippen LogP contribution in [-0.2, 0) is 11.3 Å². The Morgan fingerprint density at radius 1 is 1.30 bits per heavy atom. The average molecular weight is 339 g/mol. The van der Waals surface area contributed by atoms with E-state index in [2.05, 4.69) is 5.32 Å². The minimum absolute atomic E-state index is 0.0452. The topological polar surface area (TPSA) is 67.9 Å². The highest BCUT2D eigenvalue weighted by Gasteiger charge is 2.39. The molecule has 1 fully saturated rings. The lowest BCUT2D eigenvalue weighted by atomic mass is 10.0. The molecule has 1 N–H and O–H groups in total. The lowest BCUT2D eigenvalue weighted by molar-refractivity contribution is -0.128. The van der Waals surface area contributed by atoms with E-state index >= 15 is 0 Å². The number of imide groups is 1. The molecule has 0 radical (unpaired) electrons. The first-order valence-corrected chi connectivity index (χ1v) is 8.05. The van der Waals surface area contributed by atoms with Gasteiger partial charge in [0, 0.05) is 6.42 Å². The maximum Gasteiger partial charge on any atom is 0.325 e. The second kappa shape index (κ2) is 6.28.